The Bertz CT molecular complexity index is 1030. The Balaban J connectivity index is 1.79. The monoisotopic (exact) mass is 410 g/mol. The van der Waals surface area contributed by atoms with Crippen molar-refractivity contribution in [3.8, 4) is 17.2 Å². The number of anilines is 1. The highest BCUT2D eigenvalue weighted by Crippen LogP contribution is 2.38. The van der Waals surface area contributed by atoms with Crippen molar-refractivity contribution in [2.75, 3.05) is 18.5 Å². The number of rotatable bonds is 9. The number of ether oxygens (including phenoxy) is 2. The predicted octanol–water partition coefficient (Wildman–Crippen LogP) is 3.76. The molecule has 156 valence electrons. The summed E-state index contributed by atoms with van der Waals surface area (Å²) in [4.78, 5) is 23.5. The molecule has 0 radical (unpaired) electrons. The van der Waals surface area contributed by atoms with Crippen LogP contribution >= 0.6 is 0 Å². The van der Waals surface area contributed by atoms with E-state index < -0.39 is 10.8 Å². The maximum absolute atomic E-state index is 12.5. The van der Waals surface area contributed by atoms with Crippen LogP contribution in [-0.4, -0.2) is 33.8 Å². The molecule has 1 heterocycles. The molecule has 0 aliphatic rings. The van der Waals surface area contributed by atoms with Gasteiger partial charge in [-0.3, -0.25) is 14.9 Å². The van der Waals surface area contributed by atoms with Gasteiger partial charge in [-0.1, -0.05) is 18.2 Å². The first-order valence-corrected chi connectivity index (χ1v) is 9.48. The average molecular weight is 410 g/mol. The van der Waals surface area contributed by atoms with Gasteiger partial charge in [0.25, 0.3) is 5.69 Å². The van der Waals surface area contributed by atoms with Crippen molar-refractivity contribution in [3.63, 3.8) is 0 Å². The average Bonchev–Trinajstić information content (AvgIpc) is 3.19. The second-order valence-electron chi connectivity index (χ2n) is 6.29. The van der Waals surface area contributed by atoms with Crippen LogP contribution in [0.3, 0.4) is 0 Å². The molecule has 3 rings (SSSR count). The lowest BCUT2D eigenvalue weighted by molar-refractivity contribution is -0.384. The minimum atomic E-state index is -0.568. The molecule has 0 saturated carbocycles. The van der Waals surface area contributed by atoms with Gasteiger partial charge in [0.15, 0.2) is 11.5 Å². The van der Waals surface area contributed by atoms with Crippen molar-refractivity contribution in [2.45, 2.75) is 20.3 Å². The summed E-state index contributed by atoms with van der Waals surface area (Å²) >= 11 is 0. The molecule has 0 unspecified atom stereocenters. The molecule has 0 aliphatic heterocycles. The number of hydrogen-bond acceptors (Lipinski definition) is 6. The largest absolute Gasteiger partial charge is 0.490 e. The van der Waals surface area contributed by atoms with Gasteiger partial charge >= 0.3 is 0 Å². The molecular weight excluding hydrogens is 388 g/mol. The van der Waals surface area contributed by atoms with E-state index in [1.807, 2.05) is 30.3 Å². The maximum Gasteiger partial charge on any atom is 0.296 e. The first kappa shape index (κ1) is 20.8. The molecular formula is C21H22N4O5. The van der Waals surface area contributed by atoms with E-state index in [2.05, 4.69) is 10.4 Å². The predicted molar refractivity (Wildman–Crippen MR) is 111 cm³/mol. The van der Waals surface area contributed by atoms with Crippen LogP contribution in [0.25, 0.3) is 5.69 Å². The molecule has 3 aromatic rings. The van der Waals surface area contributed by atoms with E-state index in [-0.39, 0.29) is 23.5 Å². The van der Waals surface area contributed by atoms with Crippen molar-refractivity contribution >= 4 is 17.3 Å². The highest BCUT2D eigenvalue weighted by atomic mass is 16.6. The molecule has 1 N–H and O–H groups in total. The van der Waals surface area contributed by atoms with Gasteiger partial charge in [-0.2, -0.15) is 5.10 Å². The van der Waals surface area contributed by atoms with E-state index in [0.29, 0.717) is 24.5 Å². The van der Waals surface area contributed by atoms with Gasteiger partial charge in [0.1, 0.15) is 5.69 Å². The third-order valence-electron chi connectivity index (χ3n) is 4.15. The number of amides is 1. The van der Waals surface area contributed by atoms with Crippen LogP contribution in [0.4, 0.5) is 11.4 Å². The first-order valence-electron chi connectivity index (χ1n) is 9.48. The first-order chi connectivity index (χ1) is 14.5. The molecule has 0 fully saturated rings. The number of aromatic nitrogens is 2. The van der Waals surface area contributed by atoms with E-state index >= 15 is 0 Å². The molecule has 0 bridgehead atoms. The molecule has 9 heteroatoms. The number of carbonyl (C=O) groups is 1. The highest BCUT2D eigenvalue weighted by Gasteiger charge is 2.22. The van der Waals surface area contributed by atoms with Gasteiger partial charge < -0.3 is 14.8 Å². The number of nitro benzene ring substituents is 1. The number of carbonyl (C=O) groups excluding carboxylic acids is 1. The van der Waals surface area contributed by atoms with E-state index in [0.717, 1.165) is 5.69 Å². The van der Waals surface area contributed by atoms with E-state index in [4.69, 9.17) is 9.47 Å². The quantitative estimate of drug-likeness (QED) is 0.425. The summed E-state index contributed by atoms with van der Waals surface area (Å²) in [5.41, 5.74) is 1.32. The number of nitro groups is 1. The third-order valence-corrected chi connectivity index (χ3v) is 4.15. The fourth-order valence-corrected chi connectivity index (χ4v) is 2.89. The van der Waals surface area contributed by atoms with Gasteiger partial charge in [-0.05, 0) is 31.5 Å². The molecule has 1 amide bonds. The third kappa shape index (κ3) is 4.93. The molecule has 0 aliphatic carbocycles. The van der Waals surface area contributed by atoms with Gasteiger partial charge in [0, 0.05) is 12.3 Å². The summed E-state index contributed by atoms with van der Waals surface area (Å²) in [5, 5.41) is 18.4. The SMILES string of the molecule is CCOc1cc(NC(=O)Cc2cnn(-c3ccccc3)c2)c([N+](=O)[O-])cc1OCC. The van der Waals surface area contributed by atoms with Gasteiger partial charge in [-0.15, -0.1) is 0 Å². The molecule has 9 nitrogen and oxygen atoms in total. The van der Waals surface area contributed by atoms with Gasteiger partial charge in [-0.25, -0.2) is 4.68 Å². The Morgan fingerprint density at radius 3 is 2.43 bits per heavy atom. The fourth-order valence-electron chi connectivity index (χ4n) is 2.89. The molecule has 2 aromatic carbocycles. The Labute approximate surface area is 173 Å². The zero-order valence-electron chi connectivity index (χ0n) is 16.7. The van der Waals surface area contributed by atoms with Crippen molar-refractivity contribution < 1.29 is 19.2 Å². The van der Waals surface area contributed by atoms with Crippen molar-refractivity contribution in [2.24, 2.45) is 0 Å². The van der Waals surface area contributed by atoms with Crippen molar-refractivity contribution in [1.82, 2.24) is 9.78 Å². The van der Waals surface area contributed by atoms with Crippen LogP contribution in [0.5, 0.6) is 11.5 Å². The molecule has 30 heavy (non-hydrogen) atoms. The number of para-hydroxylation sites is 1. The normalized spacial score (nSPS) is 10.5. The lowest BCUT2D eigenvalue weighted by Crippen LogP contribution is -2.15. The molecule has 1 aromatic heterocycles. The van der Waals surface area contributed by atoms with Gasteiger partial charge in [0.2, 0.25) is 5.91 Å². The summed E-state index contributed by atoms with van der Waals surface area (Å²) < 4.78 is 12.6. The second kappa shape index (κ2) is 9.55. The maximum atomic E-state index is 12.5. The lowest BCUT2D eigenvalue weighted by atomic mass is 10.2. The highest BCUT2D eigenvalue weighted by molar-refractivity contribution is 5.95. The number of nitrogens with zero attached hydrogens (tertiary/aromatic N) is 3. The van der Waals surface area contributed by atoms with Crippen molar-refractivity contribution in [3.05, 3.63) is 70.5 Å². The van der Waals surface area contributed by atoms with Gasteiger partial charge in [0.05, 0.1) is 42.5 Å². The fraction of sp³-hybridized carbons (Fsp3) is 0.238. The second-order valence-corrected chi connectivity index (χ2v) is 6.29. The van der Waals surface area contributed by atoms with Crippen LogP contribution in [0.1, 0.15) is 19.4 Å². The number of nitrogens with one attached hydrogen (secondary N) is 1. The van der Waals surface area contributed by atoms with E-state index in [9.17, 15) is 14.9 Å². The van der Waals surface area contributed by atoms with Crippen LogP contribution < -0.4 is 14.8 Å². The Kier molecular flexibility index (Phi) is 6.63. The summed E-state index contributed by atoms with van der Waals surface area (Å²) in [6, 6.07) is 12.2. The van der Waals surface area contributed by atoms with Crippen LogP contribution in [0, 0.1) is 10.1 Å². The number of hydrogen-bond donors (Lipinski definition) is 1. The standard InChI is InChI=1S/C21H22N4O5/c1-3-29-19-11-17(18(25(27)28)12-20(19)30-4-2)23-21(26)10-15-13-22-24(14-15)16-8-6-5-7-9-16/h5-9,11-14H,3-4,10H2,1-2H3,(H,23,26). The summed E-state index contributed by atoms with van der Waals surface area (Å²) in [5.74, 6) is 0.183. The molecule has 0 atom stereocenters. The molecule has 0 saturated heterocycles. The zero-order chi connectivity index (χ0) is 21.5. The Morgan fingerprint density at radius 1 is 1.13 bits per heavy atom. The number of benzene rings is 2. The van der Waals surface area contributed by atoms with E-state index in [1.165, 1.54) is 12.1 Å². The van der Waals surface area contributed by atoms with Crippen LogP contribution in [0.15, 0.2) is 54.9 Å². The summed E-state index contributed by atoms with van der Waals surface area (Å²) in [6.45, 7) is 4.24. The topological polar surface area (TPSA) is 109 Å². The zero-order valence-corrected chi connectivity index (χ0v) is 16.7. The van der Waals surface area contributed by atoms with E-state index in [1.54, 1.807) is 30.9 Å². The van der Waals surface area contributed by atoms with Crippen molar-refractivity contribution in [1.29, 1.82) is 0 Å². The lowest BCUT2D eigenvalue weighted by Gasteiger charge is -2.13. The summed E-state index contributed by atoms with van der Waals surface area (Å²) in [6.07, 6.45) is 3.35. The van der Waals surface area contributed by atoms with Crippen LogP contribution in [-0.2, 0) is 11.2 Å². The van der Waals surface area contributed by atoms with Crippen LogP contribution in [0.2, 0.25) is 0 Å². The Morgan fingerprint density at radius 2 is 1.80 bits per heavy atom. The smallest absolute Gasteiger partial charge is 0.296 e. The minimum Gasteiger partial charge on any atom is -0.490 e. The minimum absolute atomic E-state index is 0.0150. The Hall–Kier alpha value is -3.88. The summed E-state index contributed by atoms with van der Waals surface area (Å²) in [7, 11) is 0. The molecule has 0 spiro atoms.